The largest absolute Gasteiger partial charge is 0.486 e. The molecule has 0 fully saturated rings. The molecule has 1 atom stereocenters. The number of fused-ring (bicyclic) bond motifs is 1. The lowest BCUT2D eigenvalue weighted by molar-refractivity contribution is -0.140. The maximum Gasteiger partial charge on any atom is 0.328 e. The van der Waals surface area contributed by atoms with Crippen molar-refractivity contribution in [2.75, 3.05) is 26.9 Å². The van der Waals surface area contributed by atoms with Gasteiger partial charge in [-0.2, -0.15) is 0 Å². The maximum atomic E-state index is 12.4. The summed E-state index contributed by atoms with van der Waals surface area (Å²) in [6.45, 7) is 0.730. The summed E-state index contributed by atoms with van der Waals surface area (Å²) in [5.41, 5.74) is 0.532. The fourth-order valence-electron chi connectivity index (χ4n) is 2.37. The van der Waals surface area contributed by atoms with Gasteiger partial charge in [-0.1, -0.05) is 0 Å². The van der Waals surface area contributed by atoms with E-state index in [1.54, 1.807) is 18.2 Å². The van der Waals surface area contributed by atoms with Crippen molar-refractivity contribution < 1.29 is 33.3 Å². The molecule has 1 aromatic heterocycles. The predicted octanol–water partition coefficient (Wildman–Crippen LogP) is 0.942. The number of nitrogens with zero attached hydrogens (tertiary/aromatic N) is 1. The van der Waals surface area contributed by atoms with Crippen molar-refractivity contribution in [2.24, 2.45) is 0 Å². The molecule has 0 radical (unpaired) electrons. The predicted molar refractivity (Wildman–Crippen MR) is 83.7 cm³/mol. The molecule has 3 rings (SSSR count). The second-order valence-corrected chi connectivity index (χ2v) is 5.21. The van der Waals surface area contributed by atoms with Gasteiger partial charge in [-0.15, -0.1) is 0 Å². The molecule has 132 valence electrons. The molecular weight excluding hydrogens is 332 g/mol. The average molecular weight is 348 g/mol. The Labute approximate surface area is 142 Å². The first-order chi connectivity index (χ1) is 12.1. The van der Waals surface area contributed by atoms with Crippen molar-refractivity contribution in [2.45, 2.75) is 6.04 Å². The van der Waals surface area contributed by atoms with E-state index >= 15 is 0 Å². The number of ether oxygens (including phenoxy) is 3. The van der Waals surface area contributed by atoms with Crippen LogP contribution in [0.2, 0.25) is 0 Å². The summed E-state index contributed by atoms with van der Waals surface area (Å²) < 4.78 is 21.1. The van der Waals surface area contributed by atoms with Crippen LogP contribution in [0.3, 0.4) is 0 Å². The first-order valence-electron chi connectivity index (χ1n) is 7.46. The third kappa shape index (κ3) is 3.56. The molecular formula is C16H16N2O7. The number of hydrogen-bond donors (Lipinski definition) is 2. The van der Waals surface area contributed by atoms with Gasteiger partial charge >= 0.3 is 5.97 Å². The highest BCUT2D eigenvalue weighted by atomic mass is 16.6. The molecule has 1 amide bonds. The molecule has 2 N–H and O–H groups in total. The molecule has 9 nitrogen and oxygen atoms in total. The van der Waals surface area contributed by atoms with Crippen molar-refractivity contribution in [1.82, 2.24) is 10.3 Å². The van der Waals surface area contributed by atoms with Crippen molar-refractivity contribution >= 4 is 11.9 Å². The zero-order chi connectivity index (χ0) is 17.8. The molecule has 9 heteroatoms. The zero-order valence-corrected chi connectivity index (χ0v) is 13.4. The fourth-order valence-corrected chi connectivity index (χ4v) is 2.37. The number of carboxylic acid groups (broad SMARTS) is 1. The van der Waals surface area contributed by atoms with Crippen molar-refractivity contribution in [3.8, 4) is 22.8 Å². The highest BCUT2D eigenvalue weighted by Gasteiger charge is 2.25. The number of rotatable bonds is 6. The van der Waals surface area contributed by atoms with Gasteiger partial charge in [0.25, 0.3) is 5.91 Å². The Hall–Kier alpha value is -3.07. The fraction of sp³-hybridized carbons (Fsp3) is 0.312. The lowest BCUT2D eigenvalue weighted by atomic mass is 10.1. The van der Waals surface area contributed by atoms with Crippen molar-refractivity contribution in [1.29, 1.82) is 0 Å². The van der Waals surface area contributed by atoms with Crippen LogP contribution in [-0.4, -0.2) is 54.9 Å². The van der Waals surface area contributed by atoms with E-state index in [4.69, 9.17) is 23.7 Å². The number of nitrogens with one attached hydrogen (secondary N) is 1. The standard InChI is InChI=1S/C16H16N2O7/c1-22-7-10(16(20)21)18-15(19)13-14(25-8-17-13)9-2-3-11-12(6-9)24-5-4-23-11/h2-3,6,8,10H,4-5,7H2,1H3,(H,18,19)(H,20,21). The van der Waals surface area contributed by atoms with Gasteiger partial charge in [0.05, 0.1) is 6.61 Å². The molecule has 1 aliphatic rings. The molecule has 1 unspecified atom stereocenters. The number of carbonyl (C=O) groups excluding carboxylic acids is 1. The van der Waals surface area contributed by atoms with Crippen molar-refractivity contribution in [3.05, 3.63) is 30.3 Å². The summed E-state index contributed by atoms with van der Waals surface area (Å²) in [6, 6.07) is 3.89. The van der Waals surface area contributed by atoms with Gasteiger partial charge < -0.3 is 29.1 Å². The summed E-state index contributed by atoms with van der Waals surface area (Å²) in [5.74, 6) is -0.542. The second kappa shape index (κ2) is 7.22. The Bertz CT molecular complexity index is 787. The highest BCUT2D eigenvalue weighted by Crippen LogP contribution is 2.35. The van der Waals surface area contributed by atoms with Crippen LogP contribution in [0.15, 0.2) is 29.0 Å². The summed E-state index contributed by atoms with van der Waals surface area (Å²) in [4.78, 5) is 27.4. The quantitative estimate of drug-likeness (QED) is 0.791. The van der Waals surface area contributed by atoms with Crippen LogP contribution in [0.1, 0.15) is 10.5 Å². The van der Waals surface area contributed by atoms with E-state index in [0.29, 0.717) is 30.3 Å². The van der Waals surface area contributed by atoms with Crippen LogP contribution in [-0.2, 0) is 9.53 Å². The highest BCUT2D eigenvalue weighted by molar-refractivity contribution is 5.99. The molecule has 0 saturated carbocycles. The van der Waals surface area contributed by atoms with E-state index in [0.717, 1.165) is 6.39 Å². The smallest absolute Gasteiger partial charge is 0.328 e. The van der Waals surface area contributed by atoms with Gasteiger partial charge in [-0.3, -0.25) is 4.79 Å². The van der Waals surface area contributed by atoms with Crippen LogP contribution < -0.4 is 14.8 Å². The van der Waals surface area contributed by atoms with E-state index < -0.39 is 17.9 Å². The Morgan fingerprint density at radius 1 is 1.32 bits per heavy atom. The minimum absolute atomic E-state index is 0.0287. The summed E-state index contributed by atoms with van der Waals surface area (Å²) in [7, 11) is 1.35. The Morgan fingerprint density at radius 2 is 2.08 bits per heavy atom. The Balaban J connectivity index is 1.85. The van der Waals surface area contributed by atoms with E-state index in [1.807, 2.05) is 0 Å². The normalized spacial score (nSPS) is 14.0. The third-order valence-corrected chi connectivity index (χ3v) is 3.52. The van der Waals surface area contributed by atoms with E-state index in [9.17, 15) is 9.59 Å². The van der Waals surface area contributed by atoms with Crippen LogP contribution in [0, 0.1) is 0 Å². The minimum atomic E-state index is -1.21. The third-order valence-electron chi connectivity index (χ3n) is 3.52. The van der Waals surface area contributed by atoms with Gasteiger partial charge in [0, 0.05) is 12.7 Å². The number of aromatic nitrogens is 1. The minimum Gasteiger partial charge on any atom is -0.486 e. The number of hydrogen-bond acceptors (Lipinski definition) is 7. The van der Waals surface area contributed by atoms with E-state index in [-0.39, 0.29) is 18.1 Å². The van der Waals surface area contributed by atoms with Crippen LogP contribution >= 0.6 is 0 Å². The summed E-state index contributed by atoms with van der Waals surface area (Å²) in [6.07, 6.45) is 1.12. The number of amides is 1. The Kier molecular flexibility index (Phi) is 4.85. The van der Waals surface area contributed by atoms with Crippen molar-refractivity contribution in [3.63, 3.8) is 0 Å². The molecule has 1 aromatic carbocycles. The number of carbonyl (C=O) groups is 2. The van der Waals surface area contributed by atoms with Crippen LogP contribution in [0.25, 0.3) is 11.3 Å². The monoisotopic (exact) mass is 348 g/mol. The van der Waals surface area contributed by atoms with Gasteiger partial charge in [0.1, 0.15) is 13.2 Å². The maximum absolute atomic E-state index is 12.4. The first kappa shape index (κ1) is 16.8. The number of methoxy groups -OCH3 is 1. The number of benzene rings is 1. The van der Waals surface area contributed by atoms with Gasteiger partial charge in [-0.05, 0) is 18.2 Å². The topological polar surface area (TPSA) is 120 Å². The molecule has 1 aliphatic heterocycles. The van der Waals surface area contributed by atoms with E-state index in [2.05, 4.69) is 10.3 Å². The van der Waals surface area contributed by atoms with Crippen LogP contribution in [0.4, 0.5) is 0 Å². The first-order valence-corrected chi connectivity index (χ1v) is 7.46. The summed E-state index contributed by atoms with van der Waals surface area (Å²) >= 11 is 0. The van der Waals surface area contributed by atoms with Gasteiger partial charge in [0.15, 0.2) is 35.4 Å². The molecule has 2 aromatic rings. The average Bonchev–Trinajstić information content (AvgIpc) is 3.10. The van der Waals surface area contributed by atoms with Gasteiger partial charge in [0.2, 0.25) is 0 Å². The zero-order valence-electron chi connectivity index (χ0n) is 13.4. The van der Waals surface area contributed by atoms with E-state index in [1.165, 1.54) is 7.11 Å². The number of aliphatic carboxylic acids is 1. The molecule has 0 bridgehead atoms. The molecule has 25 heavy (non-hydrogen) atoms. The number of oxazole rings is 1. The SMILES string of the molecule is COCC(NC(=O)c1ncoc1-c1ccc2c(c1)OCCO2)C(=O)O. The van der Waals surface area contributed by atoms with Gasteiger partial charge in [-0.25, -0.2) is 9.78 Å². The Morgan fingerprint density at radius 3 is 2.80 bits per heavy atom. The van der Waals surface area contributed by atoms with Crippen LogP contribution in [0.5, 0.6) is 11.5 Å². The summed E-state index contributed by atoms with van der Waals surface area (Å²) in [5, 5.41) is 11.5. The second-order valence-electron chi connectivity index (χ2n) is 5.21. The lowest BCUT2D eigenvalue weighted by Gasteiger charge is -2.18. The lowest BCUT2D eigenvalue weighted by Crippen LogP contribution is -2.44. The molecule has 2 heterocycles. The molecule has 0 aliphatic carbocycles. The number of carboxylic acids is 1. The molecule has 0 saturated heterocycles. The molecule has 0 spiro atoms.